The van der Waals surface area contributed by atoms with Crippen molar-refractivity contribution in [2.45, 2.75) is 45.4 Å². The van der Waals surface area contributed by atoms with Crippen molar-refractivity contribution < 1.29 is 23.7 Å². The fourth-order valence-corrected chi connectivity index (χ4v) is 5.45. The lowest BCUT2D eigenvalue weighted by molar-refractivity contribution is 0.000767. The monoisotopic (exact) mass is 478 g/mol. The zero-order valence-electron chi connectivity index (χ0n) is 21.4. The molecule has 0 unspecified atom stereocenters. The van der Waals surface area contributed by atoms with E-state index < -0.39 is 5.60 Å². The summed E-state index contributed by atoms with van der Waals surface area (Å²) in [6.07, 6.45) is 0.618. The molecule has 2 heterocycles. The molecule has 3 aromatic rings. The van der Waals surface area contributed by atoms with E-state index >= 15 is 0 Å². The van der Waals surface area contributed by atoms with Crippen LogP contribution >= 0.6 is 0 Å². The second-order valence-corrected chi connectivity index (χ2v) is 10.4. The van der Waals surface area contributed by atoms with Crippen LogP contribution in [0.4, 0.5) is 4.79 Å². The number of amides is 1. The van der Waals surface area contributed by atoms with E-state index in [1.54, 1.807) is 21.3 Å². The fraction of sp³-hybridized carbons (Fsp3) is 0.464. The van der Waals surface area contributed by atoms with Crippen molar-refractivity contribution in [2.24, 2.45) is 0 Å². The van der Waals surface area contributed by atoms with Gasteiger partial charge < -0.3 is 23.8 Å². The van der Waals surface area contributed by atoms with Crippen LogP contribution in [0.1, 0.15) is 31.9 Å². The molecule has 7 heteroatoms. The third-order valence-electron chi connectivity index (χ3n) is 7.11. The minimum absolute atomic E-state index is 0.232. The zero-order valence-corrected chi connectivity index (χ0v) is 21.4. The number of hydrogen-bond donors (Lipinski definition) is 0. The number of methoxy groups -OCH3 is 3. The number of fused-ring (bicyclic) bond motifs is 7. The number of rotatable bonds is 3. The predicted octanol–water partition coefficient (Wildman–Crippen LogP) is 5.00. The molecule has 1 saturated heterocycles. The van der Waals surface area contributed by atoms with Crippen LogP contribution in [0.2, 0.25) is 0 Å². The Kier molecular flexibility index (Phi) is 5.91. The Labute approximate surface area is 206 Å². The lowest BCUT2D eigenvalue weighted by Crippen LogP contribution is -2.57. The van der Waals surface area contributed by atoms with Gasteiger partial charge in [0.25, 0.3) is 0 Å². The molecule has 0 saturated carbocycles. The Bertz CT molecular complexity index is 1300. The van der Waals surface area contributed by atoms with Crippen molar-refractivity contribution in [3.63, 3.8) is 0 Å². The molecule has 1 atom stereocenters. The lowest BCUT2D eigenvalue weighted by Gasteiger charge is -2.45. The molecular weight excluding hydrogens is 444 g/mol. The quantitative estimate of drug-likeness (QED) is 0.494. The Hall–Kier alpha value is -3.19. The van der Waals surface area contributed by atoms with Crippen LogP contribution in [-0.4, -0.2) is 68.5 Å². The molecule has 186 valence electrons. The van der Waals surface area contributed by atoms with Crippen molar-refractivity contribution in [3.8, 4) is 17.2 Å². The normalized spacial score (nSPS) is 18.2. The molecule has 5 rings (SSSR count). The van der Waals surface area contributed by atoms with Gasteiger partial charge in [0.15, 0.2) is 11.5 Å². The van der Waals surface area contributed by atoms with Crippen LogP contribution in [-0.2, 0) is 17.7 Å². The summed E-state index contributed by atoms with van der Waals surface area (Å²) in [7, 11) is 5.03. The molecule has 35 heavy (non-hydrogen) atoms. The van der Waals surface area contributed by atoms with E-state index in [1.807, 2.05) is 31.7 Å². The predicted molar refractivity (Wildman–Crippen MR) is 137 cm³/mol. The van der Waals surface area contributed by atoms with Gasteiger partial charge >= 0.3 is 6.09 Å². The molecule has 2 aliphatic heterocycles. The molecule has 3 aromatic carbocycles. The molecule has 0 radical (unpaired) electrons. The molecule has 7 nitrogen and oxygen atoms in total. The SMILES string of the molecule is COc1ccc2c3c(c4cc(OC)c(OC)cc4c2c1)C[C@@H]1CN(C(=O)OC(C)(C)C)CCN1C3. The smallest absolute Gasteiger partial charge is 0.410 e. The van der Waals surface area contributed by atoms with Crippen LogP contribution < -0.4 is 14.2 Å². The van der Waals surface area contributed by atoms with E-state index in [-0.39, 0.29) is 12.1 Å². The van der Waals surface area contributed by atoms with Gasteiger partial charge in [-0.15, -0.1) is 0 Å². The highest BCUT2D eigenvalue weighted by Gasteiger charge is 2.36. The van der Waals surface area contributed by atoms with Crippen molar-refractivity contribution in [1.29, 1.82) is 0 Å². The summed E-state index contributed by atoms with van der Waals surface area (Å²) in [5.41, 5.74) is 2.15. The Morgan fingerprint density at radius 2 is 1.54 bits per heavy atom. The van der Waals surface area contributed by atoms with Gasteiger partial charge in [0.1, 0.15) is 11.4 Å². The maximum atomic E-state index is 12.8. The second-order valence-electron chi connectivity index (χ2n) is 10.4. The highest BCUT2D eigenvalue weighted by atomic mass is 16.6. The van der Waals surface area contributed by atoms with Crippen molar-refractivity contribution in [3.05, 3.63) is 41.5 Å². The van der Waals surface area contributed by atoms with Crippen LogP contribution in [0.3, 0.4) is 0 Å². The summed E-state index contributed by atoms with van der Waals surface area (Å²) in [4.78, 5) is 17.1. The molecule has 0 spiro atoms. The maximum Gasteiger partial charge on any atom is 0.410 e. The summed E-state index contributed by atoms with van der Waals surface area (Å²) in [6.45, 7) is 8.72. The second kappa shape index (κ2) is 8.79. The third kappa shape index (κ3) is 4.22. The summed E-state index contributed by atoms with van der Waals surface area (Å²) < 4.78 is 22.5. The number of carbonyl (C=O) groups is 1. The Morgan fingerprint density at radius 3 is 2.20 bits per heavy atom. The molecule has 0 aliphatic carbocycles. The van der Waals surface area contributed by atoms with Crippen LogP contribution in [0.5, 0.6) is 17.2 Å². The third-order valence-corrected chi connectivity index (χ3v) is 7.11. The van der Waals surface area contributed by atoms with Gasteiger partial charge in [-0.1, -0.05) is 6.07 Å². The summed E-state index contributed by atoms with van der Waals surface area (Å²) >= 11 is 0. The van der Waals surface area contributed by atoms with Gasteiger partial charge in [-0.2, -0.15) is 0 Å². The number of nitrogens with zero attached hydrogens (tertiary/aromatic N) is 2. The van der Waals surface area contributed by atoms with Crippen molar-refractivity contribution >= 4 is 27.6 Å². The summed E-state index contributed by atoms with van der Waals surface area (Å²) in [5.74, 6) is 2.24. The molecule has 0 bridgehead atoms. The highest BCUT2D eigenvalue weighted by molar-refractivity contribution is 6.12. The molecule has 1 amide bonds. The lowest BCUT2D eigenvalue weighted by atomic mass is 9.84. The summed E-state index contributed by atoms with van der Waals surface area (Å²) in [5, 5.41) is 4.65. The first-order valence-corrected chi connectivity index (χ1v) is 12.1. The Morgan fingerprint density at radius 1 is 0.857 bits per heavy atom. The molecule has 2 aliphatic rings. The molecule has 0 N–H and O–H groups in total. The summed E-state index contributed by atoms with van der Waals surface area (Å²) in [6, 6.07) is 10.7. The van der Waals surface area contributed by atoms with Gasteiger partial charge in [-0.05, 0) is 84.1 Å². The number of piperazine rings is 1. The van der Waals surface area contributed by atoms with E-state index in [0.29, 0.717) is 24.6 Å². The number of carbonyl (C=O) groups excluding carboxylic acids is 1. The number of hydrogen-bond acceptors (Lipinski definition) is 6. The Balaban J connectivity index is 1.62. The first-order chi connectivity index (χ1) is 16.7. The van der Waals surface area contributed by atoms with E-state index in [1.165, 1.54) is 16.5 Å². The fourth-order valence-electron chi connectivity index (χ4n) is 5.45. The number of benzene rings is 3. The van der Waals surface area contributed by atoms with Crippen molar-refractivity contribution in [2.75, 3.05) is 41.0 Å². The largest absolute Gasteiger partial charge is 0.497 e. The van der Waals surface area contributed by atoms with Gasteiger partial charge in [0.05, 0.1) is 21.3 Å². The van der Waals surface area contributed by atoms with E-state index in [4.69, 9.17) is 18.9 Å². The van der Waals surface area contributed by atoms with Crippen LogP contribution in [0.15, 0.2) is 30.3 Å². The molecular formula is C28H34N2O5. The standard InChI is InChI=1S/C28H34N2O5/c1-28(2,3)35-27(31)30-10-9-29-16-24-19-8-7-18(32-4)12-21(19)23-14-26(34-6)25(33-5)13-22(23)20(24)11-17(29)15-30/h7-8,12-14,17H,9-11,15-16H2,1-6H3/t17-/m1/s1. The topological polar surface area (TPSA) is 60.5 Å². The van der Waals surface area contributed by atoms with E-state index in [2.05, 4.69) is 29.2 Å². The minimum Gasteiger partial charge on any atom is -0.497 e. The highest BCUT2D eigenvalue weighted by Crippen LogP contribution is 2.43. The van der Waals surface area contributed by atoms with E-state index in [0.717, 1.165) is 41.4 Å². The molecule has 1 fully saturated rings. The maximum absolute atomic E-state index is 12.8. The minimum atomic E-state index is -0.501. The van der Waals surface area contributed by atoms with Crippen LogP contribution in [0, 0.1) is 0 Å². The van der Waals surface area contributed by atoms with E-state index in [9.17, 15) is 4.79 Å². The first kappa shape index (κ1) is 23.5. The van der Waals surface area contributed by atoms with Crippen molar-refractivity contribution in [1.82, 2.24) is 9.80 Å². The van der Waals surface area contributed by atoms with Crippen LogP contribution in [0.25, 0.3) is 21.5 Å². The molecule has 0 aromatic heterocycles. The van der Waals surface area contributed by atoms with Gasteiger partial charge in [0, 0.05) is 32.2 Å². The zero-order chi connectivity index (χ0) is 24.9. The number of ether oxygens (including phenoxy) is 4. The average Bonchev–Trinajstić information content (AvgIpc) is 2.85. The first-order valence-electron chi connectivity index (χ1n) is 12.1. The average molecular weight is 479 g/mol. The van der Waals surface area contributed by atoms with Gasteiger partial charge in [-0.3, -0.25) is 4.90 Å². The van der Waals surface area contributed by atoms with Gasteiger partial charge in [-0.25, -0.2) is 4.79 Å². The van der Waals surface area contributed by atoms with Gasteiger partial charge in [0.2, 0.25) is 0 Å².